The van der Waals surface area contributed by atoms with E-state index < -0.39 is 0 Å². The molecule has 1 atom stereocenters. The minimum Gasteiger partial charge on any atom is -0.482 e. The van der Waals surface area contributed by atoms with Crippen molar-refractivity contribution in [3.63, 3.8) is 0 Å². The first-order chi connectivity index (χ1) is 12.6. The van der Waals surface area contributed by atoms with E-state index in [0.717, 1.165) is 18.7 Å². The third-order valence-electron chi connectivity index (χ3n) is 4.89. The van der Waals surface area contributed by atoms with E-state index in [9.17, 15) is 9.59 Å². The molecule has 0 bridgehead atoms. The third kappa shape index (κ3) is 3.15. The molecule has 2 amide bonds. The van der Waals surface area contributed by atoms with Gasteiger partial charge in [-0.1, -0.05) is 30.3 Å². The van der Waals surface area contributed by atoms with Crippen LogP contribution in [0.15, 0.2) is 48.5 Å². The van der Waals surface area contributed by atoms with E-state index in [0.29, 0.717) is 23.5 Å². The topological polar surface area (TPSA) is 61.9 Å². The van der Waals surface area contributed by atoms with Crippen LogP contribution in [0.25, 0.3) is 0 Å². The van der Waals surface area contributed by atoms with Gasteiger partial charge in [-0.15, -0.1) is 0 Å². The van der Waals surface area contributed by atoms with Crippen molar-refractivity contribution in [2.45, 2.75) is 6.04 Å². The van der Waals surface area contributed by atoms with Gasteiger partial charge in [0.2, 0.25) is 0 Å². The number of fused-ring (bicyclic) bond motifs is 1. The average molecular weight is 351 g/mol. The van der Waals surface area contributed by atoms with E-state index in [1.807, 2.05) is 23.1 Å². The lowest BCUT2D eigenvalue weighted by molar-refractivity contribution is -0.118. The molecule has 0 saturated carbocycles. The van der Waals surface area contributed by atoms with E-state index in [4.69, 9.17) is 4.74 Å². The number of nitrogens with zero attached hydrogens (tertiary/aromatic N) is 2. The predicted octanol–water partition coefficient (Wildman–Crippen LogP) is 2.15. The Labute approximate surface area is 152 Å². The number of hydrogen-bond acceptors (Lipinski definition) is 4. The molecule has 134 valence electrons. The van der Waals surface area contributed by atoms with Crippen LogP contribution in [0.3, 0.4) is 0 Å². The number of piperazine rings is 1. The normalized spacial score (nSPS) is 20.1. The van der Waals surface area contributed by atoms with Crippen LogP contribution in [0.5, 0.6) is 5.75 Å². The molecule has 0 aliphatic carbocycles. The van der Waals surface area contributed by atoms with Gasteiger partial charge in [-0.2, -0.15) is 0 Å². The van der Waals surface area contributed by atoms with Crippen LogP contribution in [0, 0.1) is 0 Å². The van der Waals surface area contributed by atoms with Gasteiger partial charge in [0.1, 0.15) is 5.75 Å². The Morgan fingerprint density at radius 3 is 2.77 bits per heavy atom. The van der Waals surface area contributed by atoms with E-state index >= 15 is 0 Å². The first-order valence-electron chi connectivity index (χ1n) is 8.73. The second kappa shape index (κ2) is 6.80. The number of likely N-dealkylation sites (N-methyl/N-ethyl adjacent to an activating group) is 1. The number of rotatable bonds is 2. The summed E-state index contributed by atoms with van der Waals surface area (Å²) in [6.45, 7) is 2.30. The summed E-state index contributed by atoms with van der Waals surface area (Å²) in [7, 11) is 2.07. The van der Waals surface area contributed by atoms with Crippen molar-refractivity contribution in [3.8, 4) is 5.75 Å². The highest BCUT2D eigenvalue weighted by Crippen LogP contribution is 2.31. The number of carbonyl (C=O) groups excluding carboxylic acids is 2. The highest BCUT2D eigenvalue weighted by molar-refractivity contribution is 6.00. The molecular weight excluding hydrogens is 330 g/mol. The molecule has 0 radical (unpaired) electrons. The predicted molar refractivity (Wildman–Crippen MR) is 98.3 cm³/mol. The number of nitrogens with one attached hydrogen (secondary N) is 1. The SMILES string of the molecule is CN1CCN(C(=O)c2ccc3c(c2)NC(=O)CO3)C(c2ccccc2)C1. The summed E-state index contributed by atoms with van der Waals surface area (Å²) in [5.41, 5.74) is 2.24. The van der Waals surface area contributed by atoms with Gasteiger partial charge in [-0.3, -0.25) is 9.59 Å². The molecule has 4 rings (SSSR count). The summed E-state index contributed by atoms with van der Waals surface area (Å²) in [4.78, 5) is 28.9. The third-order valence-corrected chi connectivity index (χ3v) is 4.89. The quantitative estimate of drug-likeness (QED) is 0.901. The van der Waals surface area contributed by atoms with Gasteiger partial charge in [0.15, 0.2) is 6.61 Å². The summed E-state index contributed by atoms with van der Waals surface area (Å²) >= 11 is 0. The van der Waals surface area contributed by atoms with Crippen LogP contribution in [0.4, 0.5) is 5.69 Å². The van der Waals surface area contributed by atoms with Crippen LogP contribution in [0.2, 0.25) is 0 Å². The number of amides is 2. The van der Waals surface area contributed by atoms with Gasteiger partial charge in [0, 0.05) is 25.2 Å². The maximum Gasteiger partial charge on any atom is 0.262 e. The van der Waals surface area contributed by atoms with Gasteiger partial charge >= 0.3 is 0 Å². The number of carbonyl (C=O) groups is 2. The Morgan fingerprint density at radius 1 is 1.15 bits per heavy atom. The standard InChI is InChI=1S/C20H21N3O3/c1-22-9-10-23(17(12-22)14-5-3-2-4-6-14)20(25)15-7-8-18-16(11-15)21-19(24)13-26-18/h2-8,11,17H,9-10,12-13H2,1H3,(H,21,24). The fraction of sp³-hybridized carbons (Fsp3) is 0.300. The number of hydrogen-bond donors (Lipinski definition) is 1. The number of anilines is 1. The Hall–Kier alpha value is -2.86. The van der Waals surface area contributed by atoms with E-state index in [-0.39, 0.29) is 24.5 Å². The highest BCUT2D eigenvalue weighted by atomic mass is 16.5. The lowest BCUT2D eigenvalue weighted by Crippen LogP contribution is -2.49. The van der Waals surface area contributed by atoms with Crippen LogP contribution in [0.1, 0.15) is 22.0 Å². The second-order valence-corrected chi connectivity index (χ2v) is 6.74. The van der Waals surface area contributed by atoms with Crippen LogP contribution in [-0.2, 0) is 4.79 Å². The molecule has 0 aromatic heterocycles. The molecule has 2 aliphatic heterocycles. The Kier molecular flexibility index (Phi) is 4.34. The average Bonchev–Trinajstić information content (AvgIpc) is 2.67. The lowest BCUT2D eigenvalue weighted by Gasteiger charge is -2.40. The summed E-state index contributed by atoms with van der Waals surface area (Å²) < 4.78 is 5.38. The van der Waals surface area contributed by atoms with Gasteiger partial charge in [0.25, 0.3) is 11.8 Å². The summed E-state index contributed by atoms with van der Waals surface area (Å²) in [6, 6.07) is 15.3. The first kappa shape index (κ1) is 16.6. The number of benzene rings is 2. The fourth-order valence-corrected chi connectivity index (χ4v) is 3.50. The zero-order chi connectivity index (χ0) is 18.1. The Bertz CT molecular complexity index is 837. The monoisotopic (exact) mass is 351 g/mol. The van der Waals surface area contributed by atoms with Crippen molar-refractivity contribution in [1.29, 1.82) is 0 Å². The van der Waals surface area contributed by atoms with Crippen molar-refractivity contribution in [1.82, 2.24) is 9.80 Å². The minimum atomic E-state index is -0.205. The zero-order valence-corrected chi connectivity index (χ0v) is 14.6. The van der Waals surface area contributed by atoms with Crippen molar-refractivity contribution in [2.24, 2.45) is 0 Å². The lowest BCUT2D eigenvalue weighted by atomic mass is 10.0. The molecule has 26 heavy (non-hydrogen) atoms. The Balaban J connectivity index is 1.63. The molecule has 6 nitrogen and oxygen atoms in total. The molecule has 1 fully saturated rings. The van der Waals surface area contributed by atoms with E-state index in [1.165, 1.54) is 0 Å². The number of ether oxygens (including phenoxy) is 1. The van der Waals surface area contributed by atoms with Crippen LogP contribution >= 0.6 is 0 Å². The summed E-state index contributed by atoms with van der Waals surface area (Å²) in [5.74, 6) is 0.359. The highest BCUT2D eigenvalue weighted by Gasteiger charge is 2.31. The molecular formula is C20H21N3O3. The fourth-order valence-electron chi connectivity index (χ4n) is 3.50. The molecule has 2 heterocycles. The Morgan fingerprint density at radius 2 is 1.96 bits per heavy atom. The van der Waals surface area contributed by atoms with Crippen molar-refractivity contribution in [3.05, 3.63) is 59.7 Å². The molecule has 0 spiro atoms. The molecule has 1 unspecified atom stereocenters. The van der Waals surface area contributed by atoms with Gasteiger partial charge < -0.3 is 19.9 Å². The van der Waals surface area contributed by atoms with Crippen molar-refractivity contribution in [2.75, 3.05) is 38.6 Å². The maximum atomic E-state index is 13.2. The van der Waals surface area contributed by atoms with Gasteiger partial charge in [-0.05, 0) is 30.8 Å². The molecule has 6 heteroatoms. The second-order valence-electron chi connectivity index (χ2n) is 6.74. The largest absolute Gasteiger partial charge is 0.482 e. The van der Waals surface area contributed by atoms with E-state index in [2.05, 4.69) is 29.4 Å². The smallest absolute Gasteiger partial charge is 0.262 e. The molecule has 2 aliphatic rings. The van der Waals surface area contributed by atoms with Gasteiger partial charge in [0.05, 0.1) is 11.7 Å². The summed E-state index contributed by atoms with van der Waals surface area (Å²) in [5, 5.41) is 2.77. The van der Waals surface area contributed by atoms with Gasteiger partial charge in [-0.25, -0.2) is 0 Å². The minimum absolute atomic E-state index is 0.00400. The molecule has 1 N–H and O–H groups in total. The van der Waals surface area contributed by atoms with Crippen molar-refractivity contribution < 1.29 is 14.3 Å². The first-order valence-corrected chi connectivity index (χ1v) is 8.73. The summed E-state index contributed by atoms with van der Waals surface area (Å²) in [6.07, 6.45) is 0. The van der Waals surface area contributed by atoms with Crippen LogP contribution < -0.4 is 10.1 Å². The van der Waals surface area contributed by atoms with Crippen LogP contribution in [-0.4, -0.2) is 54.9 Å². The molecule has 2 aromatic carbocycles. The maximum absolute atomic E-state index is 13.2. The van der Waals surface area contributed by atoms with Crippen molar-refractivity contribution >= 4 is 17.5 Å². The van der Waals surface area contributed by atoms with E-state index in [1.54, 1.807) is 18.2 Å². The molecule has 1 saturated heterocycles. The molecule has 2 aromatic rings. The zero-order valence-electron chi connectivity index (χ0n) is 14.6.